The van der Waals surface area contributed by atoms with E-state index in [-0.39, 0.29) is 12.3 Å². The first-order valence-electron chi connectivity index (χ1n) is 10.4. The van der Waals surface area contributed by atoms with Crippen LogP contribution in [0.25, 0.3) is 22.2 Å². The SMILES string of the molecule is COCc1nc(Nc2ccc3c(c2)CCN3)c2ccc(-c3ncccc3C(F)(F)F)cc2n1. The lowest BCUT2D eigenvalue weighted by Gasteiger charge is -2.14. The van der Waals surface area contributed by atoms with Crippen LogP contribution in [0.1, 0.15) is 17.0 Å². The molecule has 1 aliphatic rings. The second-order valence-corrected chi connectivity index (χ2v) is 7.72. The average Bonchev–Trinajstić information content (AvgIpc) is 3.26. The largest absolute Gasteiger partial charge is 0.418 e. The topological polar surface area (TPSA) is 72.0 Å². The Morgan fingerprint density at radius 2 is 1.97 bits per heavy atom. The van der Waals surface area contributed by atoms with Crippen molar-refractivity contribution < 1.29 is 17.9 Å². The maximum atomic E-state index is 13.5. The van der Waals surface area contributed by atoms with Crippen molar-refractivity contribution in [3.63, 3.8) is 0 Å². The second kappa shape index (κ2) is 8.32. The zero-order valence-corrected chi connectivity index (χ0v) is 17.7. The molecule has 0 radical (unpaired) electrons. The summed E-state index contributed by atoms with van der Waals surface area (Å²) in [6.07, 6.45) is -2.22. The summed E-state index contributed by atoms with van der Waals surface area (Å²) in [5.41, 5.74) is 3.10. The number of ether oxygens (including phenoxy) is 1. The molecule has 3 heterocycles. The molecule has 0 bridgehead atoms. The van der Waals surface area contributed by atoms with Crippen LogP contribution in [0.2, 0.25) is 0 Å². The van der Waals surface area contributed by atoms with Crippen LogP contribution in [-0.2, 0) is 23.9 Å². The molecule has 0 unspecified atom stereocenters. The van der Waals surface area contributed by atoms with Gasteiger partial charge in [0.15, 0.2) is 5.82 Å². The predicted octanol–water partition coefficient (Wildman–Crippen LogP) is 5.57. The van der Waals surface area contributed by atoms with Crippen molar-refractivity contribution in [1.29, 1.82) is 0 Å². The molecule has 6 nitrogen and oxygen atoms in total. The molecule has 0 spiro atoms. The van der Waals surface area contributed by atoms with Gasteiger partial charge in [-0.2, -0.15) is 13.2 Å². The molecule has 0 atom stereocenters. The molecule has 0 saturated heterocycles. The van der Waals surface area contributed by atoms with Crippen LogP contribution in [0.15, 0.2) is 54.7 Å². The van der Waals surface area contributed by atoms with Crippen molar-refractivity contribution in [2.75, 3.05) is 24.3 Å². The van der Waals surface area contributed by atoms with E-state index in [1.807, 2.05) is 12.1 Å². The first-order valence-corrected chi connectivity index (χ1v) is 10.4. The molecule has 9 heteroatoms. The first-order chi connectivity index (χ1) is 15.9. The van der Waals surface area contributed by atoms with E-state index in [4.69, 9.17) is 4.74 Å². The summed E-state index contributed by atoms with van der Waals surface area (Å²) in [5, 5.41) is 7.35. The van der Waals surface area contributed by atoms with Gasteiger partial charge in [0.05, 0.1) is 16.8 Å². The summed E-state index contributed by atoms with van der Waals surface area (Å²) in [4.78, 5) is 13.1. The van der Waals surface area contributed by atoms with Crippen LogP contribution in [0.5, 0.6) is 0 Å². The number of nitrogens with one attached hydrogen (secondary N) is 2. The summed E-state index contributed by atoms with van der Waals surface area (Å²) in [5.74, 6) is 0.978. The van der Waals surface area contributed by atoms with Crippen LogP contribution in [0, 0.1) is 0 Å². The molecular weight excluding hydrogens is 431 g/mol. The lowest BCUT2D eigenvalue weighted by Crippen LogP contribution is -2.08. The van der Waals surface area contributed by atoms with E-state index in [1.165, 1.54) is 24.9 Å². The number of anilines is 3. The lowest BCUT2D eigenvalue weighted by atomic mass is 10.0. The minimum absolute atomic E-state index is 0.139. The van der Waals surface area contributed by atoms with Gasteiger partial charge in [0.2, 0.25) is 0 Å². The van der Waals surface area contributed by atoms with Crippen molar-refractivity contribution in [1.82, 2.24) is 15.0 Å². The van der Waals surface area contributed by atoms with E-state index in [1.54, 1.807) is 18.2 Å². The van der Waals surface area contributed by atoms with Crippen LogP contribution in [-0.4, -0.2) is 28.6 Å². The molecule has 0 amide bonds. The average molecular weight is 451 g/mol. The molecule has 0 aliphatic carbocycles. The lowest BCUT2D eigenvalue weighted by molar-refractivity contribution is -0.137. The van der Waals surface area contributed by atoms with E-state index in [2.05, 4.69) is 31.7 Å². The molecule has 0 fully saturated rings. The molecule has 1 aliphatic heterocycles. The van der Waals surface area contributed by atoms with Crippen LogP contribution < -0.4 is 10.6 Å². The third-order valence-corrected chi connectivity index (χ3v) is 5.48. The zero-order chi connectivity index (χ0) is 23.0. The number of aromatic nitrogens is 3. The van der Waals surface area contributed by atoms with Gasteiger partial charge < -0.3 is 15.4 Å². The minimum Gasteiger partial charge on any atom is -0.384 e. The molecule has 4 aromatic rings. The zero-order valence-electron chi connectivity index (χ0n) is 17.7. The summed E-state index contributed by atoms with van der Waals surface area (Å²) in [6, 6.07) is 13.3. The Morgan fingerprint density at radius 1 is 1.09 bits per heavy atom. The first kappa shape index (κ1) is 21.1. The van der Waals surface area contributed by atoms with Gasteiger partial charge in [0.1, 0.15) is 12.4 Å². The summed E-state index contributed by atoms with van der Waals surface area (Å²) in [7, 11) is 1.54. The number of hydrogen-bond donors (Lipinski definition) is 2. The minimum atomic E-state index is -4.51. The molecule has 0 saturated carbocycles. The van der Waals surface area contributed by atoms with Gasteiger partial charge in [-0.15, -0.1) is 0 Å². The molecule has 2 aromatic heterocycles. The van der Waals surface area contributed by atoms with Gasteiger partial charge in [-0.25, -0.2) is 9.97 Å². The highest BCUT2D eigenvalue weighted by Crippen LogP contribution is 2.37. The van der Waals surface area contributed by atoms with Crippen molar-refractivity contribution in [3.8, 4) is 11.3 Å². The fourth-order valence-corrected chi connectivity index (χ4v) is 4.00. The second-order valence-electron chi connectivity index (χ2n) is 7.72. The molecule has 5 rings (SSSR count). The van der Waals surface area contributed by atoms with E-state index in [9.17, 15) is 13.2 Å². The number of hydrogen-bond acceptors (Lipinski definition) is 6. The highest BCUT2D eigenvalue weighted by atomic mass is 19.4. The normalized spacial score (nSPS) is 13.1. The van der Waals surface area contributed by atoms with Gasteiger partial charge in [-0.05, 0) is 54.4 Å². The van der Waals surface area contributed by atoms with Crippen molar-refractivity contribution in [2.24, 2.45) is 0 Å². The Labute approximate surface area is 187 Å². The highest BCUT2D eigenvalue weighted by Gasteiger charge is 2.34. The summed E-state index contributed by atoms with van der Waals surface area (Å²) >= 11 is 0. The Hall–Kier alpha value is -3.72. The van der Waals surface area contributed by atoms with Gasteiger partial charge in [-0.3, -0.25) is 4.98 Å². The van der Waals surface area contributed by atoms with Crippen LogP contribution in [0.3, 0.4) is 0 Å². The molecule has 2 N–H and O–H groups in total. The predicted molar refractivity (Wildman–Crippen MR) is 120 cm³/mol. The van der Waals surface area contributed by atoms with Crippen LogP contribution >= 0.6 is 0 Å². The highest BCUT2D eigenvalue weighted by molar-refractivity contribution is 5.93. The maximum Gasteiger partial charge on any atom is 0.418 e. The van der Waals surface area contributed by atoms with E-state index >= 15 is 0 Å². The van der Waals surface area contributed by atoms with Gasteiger partial charge in [0.25, 0.3) is 0 Å². The van der Waals surface area contributed by atoms with E-state index in [0.29, 0.717) is 28.1 Å². The number of alkyl halides is 3. The number of fused-ring (bicyclic) bond motifs is 2. The fraction of sp³-hybridized carbons (Fsp3) is 0.208. The summed E-state index contributed by atoms with van der Waals surface area (Å²) < 4.78 is 45.7. The number of halogens is 3. The number of rotatable bonds is 5. The van der Waals surface area contributed by atoms with Crippen molar-refractivity contribution >= 4 is 28.1 Å². The smallest absolute Gasteiger partial charge is 0.384 e. The number of nitrogens with zero attached hydrogens (tertiary/aromatic N) is 3. The Bertz CT molecular complexity index is 1340. The van der Waals surface area contributed by atoms with Gasteiger partial charge >= 0.3 is 6.18 Å². The molecule has 2 aromatic carbocycles. The van der Waals surface area contributed by atoms with E-state index < -0.39 is 11.7 Å². The maximum absolute atomic E-state index is 13.5. The monoisotopic (exact) mass is 451 g/mol. The third-order valence-electron chi connectivity index (χ3n) is 5.48. The van der Waals surface area contributed by atoms with Gasteiger partial charge in [0, 0.05) is 42.2 Å². The molecular formula is C24H20F3N5O. The Kier molecular flexibility index (Phi) is 5.33. The Balaban J connectivity index is 1.60. The number of pyridine rings is 1. The fourth-order valence-electron chi connectivity index (χ4n) is 4.00. The van der Waals surface area contributed by atoms with Crippen molar-refractivity contribution in [2.45, 2.75) is 19.2 Å². The number of methoxy groups -OCH3 is 1. The summed E-state index contributed by atoms with van der Waals surface area (Å²) in [6.45, 7) is 1.07. The quantitative estimate of drug-likeness (QED) is 0.414. The van der Waals surface area contributed by atoms with Gasteiger partial charge in [-0.1, -0.05) is 6.07 Å². The third kappa shape index (κ3) is 4.19. The van der Waals surface area contributed by atoms with Crippen molar-refractivity contribution in [3.05, 3.63) is 71.7 Å². The number of benzene rings is 2. The standard InChI is InChI=1S/C24H20F3N5O/c1-33-13-21-31-20-12-15(22-18(24(25,26)27)3-2-9-29-22)4-6-17(20)23(32-21)30-16-5-7-19-14(11-16)8-10-28-19/h2-7,9,11-12,28H,8,10,13H2,1H3,(H,30,31,32). The molecule has 33 heavy (non-hydrogen) atoms. The van der Waals surface area contributed by atoms with E-state index in [0.717, 1.165) is 30.4 Å². The van der Waals surface area contributed by atoms with Crippen LogP contribution in [0.4, 0.5) is 30.4 Å². The molecule has 168 valence electrons. The Morgan fingerprint density at radius 3 is 2.79 bits per heavy atom.